The summed E-state index contributed by atoms with van der Waals surface area (Å²) in [7, 11) is 0. The predicted molar refractivity (Wildman–Crippen MR) is 57.6 cm³/mol. The van der Waals surface area contributed by atoms with E-state index in [1.165, 1.54) is 19.3 Å². The molecule has 72 valence electrons. The molecule has 0 N–H and O–H groups in total. The smallest absolute Gasteiger partial charge is 0.0124 e. The maximum Gasteiger partial charge on any atom is -0.0124 e. The molecule has 0 aromatic heterocycles. The highest BCUT2D eigenvalue weighted by atomic mass is 14.4. The van der Waals surface area contributed by atoms with Crippen molar-refractivity contribution >= 4 is 0 Å². The van der Waals surface area contributed by atoms with Crippen molar-refractivity contribution in [3.05, 3.63) is 23.3 Å². The van der Waals surface area contributed by atoms with Crippen LogP contribution in [0.1, 0.15) is 47.0 Å². The van der Waals surface area contributed by atoms with Crippen molar-refractivity contribution in [2.75, 3.05) is 0 Å². The molecule has 2 aliphatic carbocycles. The third kappa shape index (κ3) is 1.47. The van der Waals surface area contributed by atoms with Gasteiger partial charge in [0.15, 0.2) is 0 Å². The summed E-state index contributed by atoms with van der Waals surface area (Å²) in [5.41, 5.74) is 4.26. The van der Waals surface area contributed by atoms with E-state index in [1.54, 1.807) is 11.1 Å². The molecule has 0 heterocycles. The van der Waals surface area contributed by atoms with Gasteiger partial charge in [0, 0.05) is 0 Å². The minimum Gasteiger partial charge on any atom is -0.0802 e. The first kappa shape index (κ1) is 9.05. The molecule has 0 spiro atoms. The molecule has 0 aromatic carbocycles. The highest BCUT2D eigenvalue weighted by molar-refractivity contribution is 5.40. The molecule has 0 aromatic rings. The fraction of sp³-hybridized carbons (Fsp3) is 0.692. The van der Waals surface area contributed by atoms with Crippen LogP contribution in [-0.4, -0.2) is 0 Å². The molecule has 2 aliphatic rings. The quantitative estimate of drug-likeness (QED) is 0.521. The number of allylic oxidation sites excluding steroid dienone is 4. The van der Waals surface area contributed by atoms with Gasteiger partial charge in [-0.1, -0.05) is 45.4 Å². The molecule has 0 saturated heterocycles. The van der Waals surface area contributed by atoms with Gasteiger partial charge in [-0.3, -0.25) is 0 Å². The second-order valence-corrected chi connectivity index (χ2v) is 6.01. The van der Waals surface area contributed by atoms with Gasteiger partial charge in [-0.2, -0.15) is 0 Å². The highest BCUT2D eigenvalue weighted by Crippen LogP contribution is 2.51. The zero-order chi connectivity index (χ0) is 9.69. The Morgan fingerprint density at radius 2 is 1.85 bits per heavy atom. The van der Waals surface area contributed by atoms with E-state index in [4.69, 9.17) is 0 Å². The van der Waals surface area contributed by atoms with E-state index in [0.717, 1.165) is 0 Å². The average Bonchev–Trinajstić information content (AvgIpc) is 2.29. The topological polar surface area (TPSA) is 0 Å². The Morgan fingerprint density at radius 3 is 2.54 bits per heavy atom. The van der Waals surface area contributed by atoms with Gasteiger partial charge in [0.05, 0.1) is 0 Å². The van der Waals surface area contributed by atoms with Crippen molar-refractivity contribution in [1.29, 1.82) is 0 Å². The molecule has 0 aliphatic heterocycles. The SMILES string of the molecule is CC1(C)CC2=C(CC=C2)C(C)(C)C1. The van der Waals surface area contributed by atoms with Crippen LogP contribution < -0.4 is 0 Å². The third-order valence-corrected chi connectivity index (χ3v) is 3.44. The van der Waals surface area contributed by atoms with Crippen LogP contribution in [0, 0.1) is 10.8 Å². The van der Waals surface area contributed by atoms with E-state index < -0.39 is 0 Å². The lowest BCUT2D eigenvalue weighted by Gasteiger charge is -2.42. The van der Waals surface area contributed by atoms with Crippen LogP contribution in [0.25, 0.3) is 0 Å². The van der Waals surface area contributed by atoms with Gasteiger partial charge in [0.1, 0.15) is 0 Å². The summed E-state index contributed by atoms with van der Waals surface area (Å²) >= 11 is 0. The monoisotopic (exact) mass is 176 g/mol. The van der Waals surface area contributed by atoms with E-state index in [1.807, 2.05) is 0 Å². The summed E-state index contributed by atoms with van der Waals surface area (Å²) in [4.78, 5) is 0. The second-order valence-electron chi connectivity index (χ2n) is 6.01. The Labute approximate surface area is 81.7 Å². The maximum absolute atomic E-state index is 2.40. The summed E-state index contributed by atoms with van der Waals surface area (Å²) < 4.78 is 0. The maximum atomic E-state index is 2.40. The van der Waals surface area contributed by atoms with E-state index in [-0.39, 0.29) is 0 Å². The van der Waals surface area contributed by atoms with Gasteiger partial charge in [0.25, 0.3) is 0 Å². The molecule has 0 atom stereocenters. The first-order valence-corrected chi connectivity index (χ1v) is 5.30. The standard InChI is InChI=1S/C13H20/c1-12(2)8-10-6-5-7-11(10)13(3,4)9-12/h5-6H,7-9H2,1-4H3. The average molecular weight is 176 g/mol. The molecule has 0 bridgehead atoms. The van der Waals surface area contributed by atoms with Crippen molar-refractivity contribution in [3.63, 3.8) is 0 Å². The Hall–Kier alpha value is -0.520. The molecule has 0 nitrogen and oxygen atoms in total. The largest absolute Gasteiger partial charge is 0.0802 e. The van der Waals surface area contributed by atoms with Crippen molar-refractivity contribution in [3.8, 4) is 0 Å². The van der Waals surface area contributed by atoms with E-state index in [9.17, 15) is 0 Å². The van der Waals surface area contributed by atoms with E-state index in [2.05, 4.69) is 39.8 Å². The van der Waals surface area contributed by atoms with Crippen LogP contribution in [0.3, 0.4) is 0 Å². The lowest BCUT2D eigenvalue weighted by Crippen LogP contribution is -2.30. The Morgan fingerprint density at radius 1 is 1.15 bits per heavy atom. The van der Waals surface area contributed by atoms with Gasteiger partial charge < -0.3 is 0 Å². The zero-order valence-electron chi connectivity index (χ0n) is 9.28. The van der Waals surface area contributed by atoms with Crippen molar-refractivity contribution < 1.29 is 0 Å². The molecule has 13 heavy (non-hydrogen) atoms. The van der Waals surface area contributed by atoms with Gasteiger partial charge >= 0.3 is 0 Å². The first-order chi connectivity index (χ1) is 5.91. The molecule has 0 unspecified atom stereocenters. The van der Waals surface area contributed by atoms with Crippen molar-refractivity contribution in [2.24, 2.45) is 10.8 Å². The van der Waals surface area contributed by atoms with Gasteiger partial charge in [-0.25, -0.2) is 0 Å². The lowest BCUT2D eigenvalue weighted by atomic mass is 9.63. The summed E-state index contributed by atoms with van der Waals surface area (Å²) in [6, 6.07) is 0. The molecular weight excluding hydrogens is 156 g/mol. The predicted octanol–water partition coefficient (Wildman–Crippen LogP) is 4.09. The summed E-state index contributed by atoms with van der Waals surface area (Å²) in [6.45, 7) is 9.59. The van der Waals surface area contributed by atoms with Crippen LogP contribution in [0.5, 0.6) is 0 Å². The van der Waals surface area contributed by atoms with Gasteiger partial charge in [-0.05, 0) is 35.7 Å². The van der Waals surface area contributed by atoms with Crippen LogP contribution >= 0.6 is 0 Å². The highest BCUT2D eigenvalue weighted by Gasteiger charge is 2.38. The summed E-state index contributed by atoms with van der Waals surface area (Å²) in [5.74, 6) is 0. The molecule has 0 heteroatoms. The van der Waals surface area contributed by atoms with Crippen LogP contribution in [0.15, 0.2) is 23.3 Å². The Bertz CT molecular complexity index is 287. The van der Waals surface area contributed by atoms with Crippen LogP contribution in [-0.2, 0) is 0 Å². The van der Waals surface area contributed by atoms with Crippen molar-refractivity contribution in [2.45, 2.75) is 47.0 Å². The third-order valence-electron chi connectivity index (χ3n) is 3.44. The normalized spacial score (nSPS) is 29.2. The molecule has 0 fully saturated rings. The van der Waals surface area contributed by atoms with E-state index >= 15 is 0 Å². The Balaban J connectivity index is 2.40. The van der Waals surface area contributed by atoms with Gasteiger partial charge in [0.2, 0.25) is 0 Å². The number of rotatable bonds is 0. The summed E-state index contributed by atoms with van der Waals surface area (Å²) in [5, 5.41) is 0. The first-order valence-electron chi connectivity index (χ1n) is 5.30. The molecule has 0 amide bonds. The van der Waals surface area contributed by atoms with Crippen LogP contribution in [0.2, 0.25) is 0 Å². The lowest BCUT2D eigenvalue weighted by molar-refractivity contribution is 0.203. The zero-order valence-corrected chi connectivity index (χ0v) is 9.28. The molecule has 0 radical (unpaired) electrons. The second kappa shape index (κ2) is 2.50. The fourth-order valence-corrected chi connectivity index (χ4v) is 3.31. The molecular formula is C13H20. The van der Waals surface area contributed by atoms with Crippen molar-refractivity contribution in [1.82, 2.24) is 0 Å². The minimum atomic E-state index is 0.431. The Kier molecular flexibility index (Phi) is 1.74. The molecule has 0 saturated carbocycles. The van der Waals surface area contributed by atoms with Crippen LogP contribution in [0.4, 0.5) is 0 Å². The minimum absolute atomic E-state index is 0.431. The molecule has 2 rings (SSSR count). The fourth-order valence-electron chi connectivity index (χ4n) is 3.31. The number of hydrogen-bond donors (Lipinski definition) is 0. The summed E-state index contributed by atoms with van der Waals surface area (Å²) in [6.07, 6.45) is 8.49. The number of hydrogen-bond acceptors (Lipinski definition) is 0. The van der Waals surface area contributed by atoms with E-state index in [0.29, 0.717) is 10.8 Å². The van der Waals surface area contributed by atoms with Gasteiger partial charge in [-0.15, -0.1) is 0 Å².